The molecule has 118 valence electrons. The second-order valence-electron chi connectivity index (χ2n) is 5.98. The topological polar surface area (TPSA) is 24.5 Å². The van der Waals surface area contributed by atoms with E-state index in [1.807, 2.05) is 0 Å². The predicted octanol–water partition coefficient (Wildman–Crippen LogP) is 3.87. The fourth-order valence-electron chi connectivity index (χ4n) is 3.03. The normalized spacial score (nSPS) is 24.1. The van der Waals surface area contributed by atoms with Gasteiger partial charge in [-0.25, -0.2) is 0 Å². The highest BCUT2D eigenvalue weighted by Gasteiger charge is 2.27. The Balaban J connectivity index is 2.13. The maximum absolute atomic E-state index is 6.52. The third kappa shape index (κ3) is 3.91. The van der Waals surface area contributed by atoms with Gasteiger partial charge in [-0.2, -0.15) is 0 Å². The highest BCUT2D eigenvalue weighted by atomic mass is 35.5. The summed E-state index contributed by atoms with van der Waals surface area (Å²) in [6.07, 6.45) is 1.43. The second-order valence-corrected chi connectivity index (χ2v) is 6.38. The lowest BCUT2D eigenvalue weighted by Crippen LogP contribution is -2.44. The van der Waals surface area contributed by atoms with Gasteiger partial charge in [0, 0.05) is 26.2 Å². The molecule has 1 aromatic rings. The Morgan fingerprint density at radius 2 is 2.24 bits per heavy atom. The van der Waals surface area contributed by atoms with Crippen LogP contribution in [0.2, 0.25) is 5.02 Å². The average molecular weight is 311 g/mol. The van der Waals surface area contributed by atoms with Gasteiger partial charge in [-0.05, 0) is 43.5 Å². The molecule has 1 fully saturated rings. The number of nitrogens with one attached hydrogen (secondary N) is 1. The molecule has 2 rings (SSSR count). The highest BCUT2D eigenvalue weighted by molar-refractivity contribution is 6.33. The Bertz CT molecular complexity index is 466. The van der Waals surface area contributed by atoms with E-state index in [1.165, 1.54) is 5.56 Å². The van der Waals surface area contributed by atoms with Crippen LogP contribution < -0.4 is 10.2 Å². The first kappa shape index (κ1) is 16.6. The maximum Gasteiger partial charge on any atom is 0.0772 e. The second kappa shape index (κ2) is 7.48. The Morgan fingerprint density at radius 3 is 2.86 bits per heavy atom. The van der Waals surface area contributed by atoms with E-state index >= 15 is 0 Å². The zero-order valence-corrected chi connectivity index (χ0v) is 14.3. The molecule has 21 heavy (non-hydrogen) atoms. The Kier molecular flexibility index (Phi) is 5.91. The quantitative estimate of drug-likeness (QED) is 0.893. The van der Waals surface area contributed by atoms with E-state index in [2.05, 4.69) is 49.2 Å². The first-order valence-corrected chi connectivity index (χ1v) is 8.25. The summed E-state index contributed by atoms with van der Waals surface area (Å²) < 4.78 is 5.59. The van der Waals surface area contributed by atoms with E-state index in [1.54, 1.807) is 7.11 Å². The lowest BCUT2D eigenvalue weighted by Gasteiger charge is -2.38. The van der Waals surface area contributed by atoms with Gasteiger partial charge < -0.3 is 15.0 Å². The summed E-state index contributed by atoms with van der Waals surface area (Å²) in [5, 5.41) is 4.25. The van der Waals surface area contributed by atoms with Crippen molar-refractivity contribution in [2.24, 2.45) is 5.92 Å². The number of benzene rings is 1. The first-order chi connectivity index (χ1) is 10.1. The summed E-state index contributed by atoms with van der Waals surface area (Å²) in [6.45, 7) is 9.46. The molecule has 1 aliphatic rings. The molecule has 0 radical (unpaired) electrons. The minimum atomic E-state index is 0.287. The molecule has 0 saturated carbocycles. The smallest absolute Gasteiger partial charge is 0.0772 e. The van der Waals surface area contributed by atoms with Crippen molar-refractivity contribution < 1.29 is 4.74 Å². The molecule has 1 saturated heterocycles. The molecule has 0 aromatic heterocycles. The minimum Gasteiger partial charge on any atom is -0.379 e. The fraction of sp³-hybridized carbons (Fsp3) is 0.647. The standard InChI is InChI=1S/C17H27ClN2O/c1-5-19-13(3)14-6-7-16(15(18)10-14)20-9-8-12(2)17(11-20)21-4/h6-7,10,12-13,17,19H,5,8-9,11H2,1-4H3. The molecule has 0 amide bonds. The number of rotatable bonds is 5. The molecule has 3 unspecified atom stereocenters. The van der Waals surface area contributed by atoms with Crippen LogP contribution in [0.15, 0.2) is 18.2 Å². The van der Waals surface area contributed by atoms with Gasteiger partial charge in [0.2, 0.25) is 0 Å². The van der Waals surface area contributed by atoms with Gasteiger partial charge in [-0.15, -0.1) is 0 Å². The molecule has 0 spiro atoms. The van der Waals surface area contributed by atoms with Crippen LogP contribution in [-0.4, -0.2) is 32.8 Å². The van der Waals surface area contributed by atoms with E-state index in [0.717, 1.165) is 36.8 Å². The number of anilines is 1. The largest absolute Gasteiger partial charge is 0.379 e. The van der Waals surface area contributed by atoms with Gasteiger partial charge in [-0.3, -0.25) is 0 Å². The number of hydrogen-bond donors (Lipinski definition) is 1. The molecule has 1 N–H and O–H groups in total. The number of hydrogen-bond acceptors (Lipinski definition) is 3. The van der Waals surface area contributed by atoms with Crippen molar-refractivity contribution >= 4 is 17.3 Å². The van der Waals surface area contributed by atoms with Crippen LogP contribution in [0.4, 0.5) is 5.69 Å². The Labute approximate surface area is 133 Å². The molecular formula is C17H27ClN2O. The lowest BCUT2D eigenvalue weighted by atomic mass is 9.95. The molecule has 3 atom stereocenters. The summed E-state index contributed by atoms with van der Waals surface area (Å²) >= 11 is 6.52. The molecule has 0 bridgehead atoms. The SMILES string of the molecule is CCNC(C)c1ccc(N2CCC(C)C(OC)C2)c(Cl)c1. The summed E-state index contributed by atoms with van der Waals surface area (Å²) in [7, 11) is 1.80. The van der Waals surface area contributed by atoms with E-state index in [4.69, 9.17) is 16.3 Å². The number of halogens is 1. The van der Waals surface area contributed by atoms with Gasteiger partial charge in [-0.1, -0.05) is 31.5 Å². The van der Waals surface area contributed by atoms with Crippen LogP contribution >= 0.6 is 11.6 Å². The van der Waals surface area contributed by atoms with Crippen molar-refractivity contribution in [3.05, 3.63) is 28.8 Å². The predicted molar refractivity (Wildman–Crippen MR) is 90.3 cm³/mol. The molecule has 1 aromatic carbocycles. The van der Waals surface area contributed by atoms with E-state index in [0.29, 0.717) is 12.0 Å². The molecular weight excluding hydrogens is 284 g/mol. The summed E-state index contributed by atoms with van der Waals surface area (Å²) in [5.74, 6) is 0.609. The van der Waals surface area contributed by atoms with Crippen LogP contribution in [0.5, 0.6) is 0 Å². The zero-order chi connectivity index (χ0) is 15.4. The lowest BCUT2D eigenvalue weighted by molar-refractivity contribution is 0.0498. The third-order valence-electron chi connectivity index (χ3n) is 4.51. The van der Waals surface area contributed by atoms with Crippen molar-refractivity contribution in [1.29, 1.82) is 0 Å². The van der Waals surface area contributed by atoms with Gasteiger partial charge in [0.25, 0.3) is 0 Å². The average Bonchev–Trinajstić information content (AvgIpc) is 2.48. The van der Waals surface area contributed by atoms with Crippen molar-refractivity contribution in [3.8, 4) is 0 Å². The van der Waals surface area contributed by atoms with Crippen molar-refractivity contribution in [2.45, 2.75) is 39.3 Å². The van der Waals surface area contributed by atoms with Gasteiger partial charge in [0.15, 0.2) is 0 Å². The number of piperidine rings is 1. The van der Waals surface area contributed by atoms with Crippen molar-refractivity contribution in [3.63, 3.8) is 0 Å². The maximum atomic E-state index is 6.52. The number of nitrogens with zero attached hydrogens (tertiary/aromatic N) is 1. The molecule has 1 aliphatic heterocycles. The molecule has 4 heteroatoms. The first-order valence-electron chi connectivity index (χ1n) is 7.87. The van der Waals surface area contributed by atoms with Crippen LogP contribution in [0.25, 0.3) is 0 Å². The Morgan fingerprint density at radius 1 is 1.48 bits per heavy atom. The van der Waals surface area contributed by atoms with Crippen LogP contribution in [0, 0.1) is 5.92 Å². The van der Waals surface area contributed by atoms with Gasteiger partial charge in [0.1, 0.15) is 0 Å². The summed E-state index contributed by atoms with van der Waals surface area (Å²) in [6, 6.07) is 6.74. The van der Waals surface area contributed by atoms with Crippen molar-refractivity contribution in [2.75, 3.05) is 31.6 Å². The summed E-state index contributed by atoms with van der Waals surface area (Å²) in [5.41, 5.74) is 2.36. The van der Waals surface area contributed by atoms with Crippen LogP contribution in [-0.2, 0) is 4.74 Å². The number of ether oxygens (including phenoxy) is 1. The van der Waals surface area contributed by atoms with E-state index in [-0.39, 0.29) is 6.10 Å². The summed E-state index contributed by atoms with van der Waals surface area (Å²) in [4.78, 5) is 2.35. The van der Waals surface area contributed by atoms with E-state index in [9.17, 15) is 0 Å². The van der Waals surface area contributed by atoms with Gasteiger partial charge in [0.05, 0.1) is 16.8 Å². The monoisotopic (exact) mass is 310 g/mol. The highest BCUT2D eigenvalue weighted by Crippen LogP contribution is 2.32. The van der Waals surface area contributed by atoms with Gasteiger partial charge >= 0.3 is 0 Å². The fourth-order valence-corrected chi connectivity index (χ4v) is 3.34. The third-order valence-corrected chi connectivity index (χ3v) is 4.82. The zero-order valence-electron chi connectivity index (χ0n) is 13.5. The Hall–Kier alpha value is -0.770. The number of methoxy groups -OCH3 is 1. The minimum absolute atomic E-state index is 0.287. The van der Waals surface area contributed by atoms with E-state index < -0.39 is 0 Å². The van der Waals surface area contributed by atoms with Crippen LogP contribution in [0.3, 0.4) is 0 Å². The van der Waals surface area contributed by atoms with Crippen LogP contribution in [0.1, 0.15) is 38.8 Å². The molecule has 3 nitrogen and oxygen atoms in total. The molecule has 1 heterocycles. The molecule has 0 aliphatic carbocycles. The van der Waals surface area contributed by atoms with Crippen molar-refractivity contribution in [1.82, 2.24) is 5.32 Å².